The second kappa shape index (κ2) is 5.70. The Morgan fingerprint density at radius 3 is 1.95 bits per heavy atom. The van der Waals surface area contributed by atoms with Crippen molar-refractivity contribution in [2.75, 3.05) is 10.6 Å². The van der Waals surface area contributed by atoms with Gasteiger partial charge in [0.2, 0.25) is 5.91 Å². The van der Waals surface area contributed by atoms with E-state index in [4.69, 9.17) is 0 Å². The van der Waals surface area contributed by atoms with Crippen LogP contribution in [0.3, 0.4) is 0 Å². The normalized spacial score (nSPS) is 20.8. The van der Waals surface area contributed by atoms with Crippen LogP contribution in [0.25, 0.3) is 0 Å². The van der Waals surface area contributed by atoms with Crippen molar-refractivity contribution in [1.29, 1.82) is 0 Å². The number of hydrogen-bond donors (Lipinski definition) is 2. The molecule has 116 valence electrons. The lowest BCUT2D eigenvalue weighted by Gasteiger charge is -2.45. The summed E-state index contributed by atoms with van der Waals surface area (Å²) >= 11 is 0. The first-order valence-electron chi connectivity index (χ1n) is 7.79. The van der Waals surface area contributed by atoms with Crippen LogP contribution in [-0.4, -0.2) is 11.9 Å². The number of hydrogen-bond acceptors (Lipinski definition) is 2. The zero-order valence-electron chi connectivity index (χ0n) is 13.9. The van der Waals surface area contributed by atoms with Crippen molar-refractivity contribution >= 4 is 17.3 Å². The summed E-state index contributed by atoms with van der Waals surface area (Å²) in [7, 11) is 0. The first-order valence-corrected chi connectivity index (χ1v) is 7.79. The van der Waals surface area contributed by atoms with Gasteiger partial charge < -0.3 is 10.6 Å². The molecule has 2 rings (SSSR count). The third kappa shape index (κ3) is 4.76. The monoisotopic (exact) mass is 288 g/mol. The minimum absolute atomic E-state index is 0.0357. The first-order chi connectivity index (χ1) is 9.65. The average molecular weight is 288 g/mol. The lowest BCUT2D eigenvalue weighted by molar-refractivity contribution is -0.114. The van der Waals surface area contributed by atoms with Gasteiger partial charge in [-0.3, -0.25) is 4.79 Å². The van der Waals surface area contributed by atoms with Crippen LogP contribution in [0.4, 0.5) is 11.4 Å². The fourth-order valence-electron chi connectivity index (χ4n) is 4.04. The smallest absolute Gasteiger partial charge is 0.221 e. The van der Waals surface area contributed by atoms with Gasteiger partial charge in [-0.25, -0.2) is 0 Å². The van der Waals surface area contributed by atoms with Gasteiger partial charge in [0, 0.05) is 24.3 Å². The van der Waals surface area contributed by atoms with Gasteiger partial charge in [-0.2, -0.15) is 0 Å². The molecule has 0 bridgehead atoms. The highest BCUT2D eigenvalue weighted by Gasteiger charge is 2.38. The van der Waals surface area contributed by atoms with Crippen molar-refractivity contribution in [2.24, 2.45) is 10.8 Å². The summed E-state index contributed by atoms with van der Waals surface area (Å²) in [5, 5.41) is 6.46. The van der Waals surface area contributed by atoms with E-state index in [0.29, 0.717) is 16.9 Å². The SMILES string of the molecule is CC(=O)Nc1ccc(NC2CC(C)(C)CC(C)(C)C2)cc1. The maximum absolute atomic E-state index is 11.0. The molecule has 3 heteroatoms. The zero-order valence-corrected chi connectivity index (χ0v) is 13.9. The van der Waals surface area contributed by atoms with Crippen LogP contribution in [0.2, 0.25) is 0 Å². The summed E-state index contributed by atoms with van der Waals surface area (Å²) in [5.41, 5.74) is 2.74. The van der Waals surface area contributed by atoms with E-state index in [-0.39, 0.29) is 5.91 Å². The van der Waals surface area contributed by atoms with E-state index < -0.39 is 0 Å². The standard InChI is InChI=1S/C18H28N2O/c1-13(21)19-14-6-8-15(9-7-14)20-16-10-17(2,3)12-18(4,5)11-16/h6-9,16,20H,10-12H2,1-5H3,(H,19,21). The molecule has 1 fully saturated rings. The van der Waals surface area contributed by atoms with E-state index in [0.717, 1.165) is 11.4 Å². The molecule has 21 heavy (non-hydrogen) atoms. The Kier molecular flexibility index (Phi) is 4.31. The molecule has 0 atom stereocenters. The van der Waals surface area contributed by atoms with Crippen molar-refractivity contribution in [2.45, 2.75) is 59.9 Å². The summed E-state index contributed by atoms with van der Waals surface area (Å²) in [6, 6.07) is 8.49. The van der Waals surface area contributed by atoms with Crippen LogP contribution in [-0.2, 0) is 4.79 Å². The average Bonchev–Trinajstić information content (AvgIpc) is 2.26. The van der Waals surface area contributed by atoms with Gasteiger partial charge in [0.1, 0.15) is 0 Å². The molecular weight excluding hydrogens is 260 g/mol. The highest BCUT2D eigenvalue weighted by atomic mass is 16.1. The number of amides is 1. The molecule has 0 spiro atoms. The molecule has 3 nitrogen and oxygen atoms in total. The molecule has 0 aliphatic heterocycles. The number of carbonyl (C=O) groups excluding carboxylic acids is 1. The Hall–Kier alpha value is -1.51. The van der Waals surface area contributed by atoms with E-state index in [1.54, 1.807) is 0 Å². The van der Waals surface area contributed by atoms with Crippen molar-refractivity contribution < 1.29 is 4.79 Å². The summed E-state index contributed by atoms with van der Waals surface area (Å²) in [6.45, 7) is 11.0. The van der Waals surface area contributed by atoms with Gasteiger partial charge in [-0.1, -0.05) is 27.7 Å². The van der Waals surface area contributed by atoms with Gasteiger partial charge in [0.05, 0.1) is 0 Å². The van der Waals surface area contributed by atoms with E-state index in [2.05, 4.69) is 38.3 Å². The molecule has 2 N–H and O–H groups in total. The Balaban J connectivity index is 2.02. The molecule has 0 heterocycles. The number of rotatable bonds is 3. The van der Waals surface area contributed by atoms with Crippen molar-refractivity contribution in [3.05, 3.63) is 24.3 Å². The minimum Gasteiger partial charge on any atom is -0.382 e. The second-order valence-corrected chi connectivity index (χ2v) is 8.01. The maximum Gasteiger partial charge on any atom is 0.221 e. The topological polar surface area (TPSA) is 41.1 Å². The summed E-state index contributed by atoms with van der Waals surface area (Å²) in [4.78, 5) is 11.0. The molecule has 1 saturated carbocycles. The van der Waals surface area contributed by atoms with Gasteiger partial charge in [0.25, 0.3) is 0 Å². The van der Waals surface area contributed by atoms with E-state index in [9.17, 15) is 4.79 Å². The molecule has 1 amide bonds. The number of carbonyl (C=O) groups is 1. The second-order valence-electron chi connectivity index (χ2n) is 8.01. The van der Waals surface area contributed by atoms with Crippen LogP contribution in [0.15, 0.2) is 24.3 Å². The Morgan fingerprint density at radius 1 is 1.00 bits per heavy atom. The van der Waals surface area contributed by atoms with Gasteiger partial charge in [0.15, 0.2) is 0 Å². The predicted octanol–water partition coefficient (Wildman–Crippen LogP) is 4.66. The Morgan fingerprint density at radius 2 is 1.48 bits per heavy atom. The number of nitrogens with one attached hydrogen (secondary N) is 2. The third-order valence-corrected chi connectivity index (χ3v) is 4.13. The third-order valence-electron chi connectivity index (χ3n) is 4.13. The molecule has 1 aromatic rings. The fraction of sp³-hybridized carbons (Fsp3) is 0.611. The largest absolute Gasteiger partial charge is 0.382 e. The van der Waals surface area contributed by atoms with E-state index in [1.165, 1.54) is 26.2 Å². The predicted molar refractivity (Wildman–Crippen MR) is 89.6 cm³/mol. The van der Waals surface area contributed by atoms with Crippen LogP contribution in [0.5, 0.6) is 0 Å². The molecule has 1 aromatic carbocycles. The zero-order chi connectivity index (χ0) is 15.7. The maximum atomic E-state index is 11.0. The molecule has 0 radical (unpaired) electrons. The summed E-state index contributed by atoms with van der Waals surface area (Å²) in [5.74, 6) is -0.0357. The molecule has 0 unspecified atom stereocenters. The summed E-state index contributed by atoms with van der Waals surface area (Å²) < 4.78 is 0. The molecule has 0 aromatic heterocycles. The minimum atomic E-state index is -0.0357. The quantitative estimate of drug-likeness (QED) is 0.849. The van der Waals surface area contributed by atoms with E-state index >= 15 is 0 Å². The molecule has 1 aliphatic carbocycles. The highest BCUT2D eigenvalue weighted by Crippen LogP contribution is 2.46. The van der Waals surface area contributed by atoms with Gasteiger partial charge in [-0.15, -0.1) is 0 Å². The van der Waals surface area contributed by atoms with Crippen molar-refractivity contribution in [3.8, 4) is 0 Å². The summed E-state index contributed by atoms with van der Waals surface area (Å²) in [6.07, 6.45) is 3.67. The highest BCUT2D eigenvalue weighted by molar-refractivity contribution is 5.88. The van der Waals surface area contributed by atoms with Crippen LogP contribution in [0.1, 0.15) is 53.9 Å². The molecule has 1 aliphatic rings. The Labute approximate surface area is 128 Å². The number of anilines is 2. The van der Waals surface area contributed by atoms with E-state index in [1.807, 2.05) is 24.3 Å². The van der Waals surface area contributed by atoms with Crippen molar-refractivity contribution in [1.82, 2.24) is 0 Å². The first kappa shape index (κ1) is 15.9. The fourth-order valence-corrected chi connectivity index (χ4v) is 4.04. The number of benzene rings is 1. The van der Waals surface area contributed by atoms with Crippen LogP contribution in [0, 0.1) is 10.8 Å². The van der Waals surface area contributed by atoms with Crippen LogP contribution < -0.4 is 10.6 Å². The Bertz CT molecular complexity index is 486. The van der Waals surface area contributed by atoms with Crippen molar-refractivity contribution in [3.63, 3.8) is 0 Å². The molecular formula is C18H28N2O. The lowest BCUT2D eigenvalue weighted by Crippen LogP contribution is -2.40. The van der Waals surface area contributed by atoms with Crippen LogP contribution >= 0.6 is 0 Å². The van der Waals surface area contributed by atoms with Gasteiger partial charge in [-0.05, 0) is 54.4 Å². The lowest BCUT2D eigenvalue weighted by atomic mass is 9.63. The van der Waals surface area contributed by atoms with Gasteiger partial charge >= 0.3 is 0 Å². The molecule has 0 saturated heterocycles.